The van der Waals surface area contributed by atoms with E-state index in [2.05, 4.69) is 10.6 Å². The minimum Gasteiger partial charge on any atom is -0.508 e. The van der Waals surface area contributed by atoms with E-state index in [9.17, 15) is 24.6 Å². The zero-order valence-electron chi connectivity index (χ0n) is 25.5. The van der Waals surface area contributed by atoms with Crippen molar-refractivity contribution in [3.63, 3.8) is 0 Å². The van der Waals surface area contributed by atoms with Gasteiger partial charge in [0.25, 0.3) is 5.91 Å². The van der Waals surface area contributed by atoms with Gasteiger partial charge in [-0.15, -0.1) is 0 Å². The summed E-state index contributed by atoms with van der Waals surface area (Å²) in [5.41, 5.74) is 1.11. The molecule has 0 heterocycles. The van der Waals surface area contributed by atoms with Crippen molar-refractivity contribution >= 4 is 23.6 Å². The van der Waals surface area contributed by atoms with E-state index in [0.29, 0.717) is 29.0 Å². The Morgan fingerprint density at radius 2 is 1.60 bits per heavy atom. The van der Waals surface area contributed by atoms with E-state index in [1.807, 2.05) is 6.92 Å². The molecule has 3 rings (SSSR count). The Morgan fingerprint density at radius 3 is 2.19 bits per heavy atom. The summed E-state index contributed by atoms with van der Waals surface area (Å²) in [7, 11) is 1.54. The normalized spacial score (nSPS) is 12.5. The average Bonchev–Trinajstić information content (AvgIpc) is 2.94. The zero-order chi connectivity index (χ0) is 31.7. The monoisotopic (exact) mass is 591 g/mol. The molecular weight excluding hydrogens is 550 g/mol. The standard InChI is InChI=1S/C33H41N3O7/c1-7-19-36(31(40)27(35-32(41)43-33(3,4)5)20-22-11-15-24(37)16-12-22)28(26-10-8-9-21(2)29(26)38)30(39)34-23-13-17-25(42-6)18-14-23/h8-18,27-28,37-38H,7,19-20H2,1-6H3,(H,34,39)(H,35,41). The van der Waals surface area contributed by atoms with Crippen molar-refractivity contribution in [3.8, 4) is 17.2 Å². The van der Waals surface area contributed by atoms with Gasteiger partial charge >= 0.3 is 6.09 Å². The maximum absolute atomic E-state index is 14.4. The number of rotatable bonds is 11. The van der Waals surface area contributed by atoms with Gasteiger partial charge in [-0.1, -0.05) is 37.3 Å². The van der Waals surface area contributed by atoms with E-state index < -0.39 is 35.6 Å². The molecule has 2 atom stereocenters. The molecule has 43 heavy (non-hydrogen) atoms. The lowest BCUT2D eigenvalue weighted by atomic mass is 9.97. The molecule has 0 radical (unpaired) electrons. The van der Waals surface area contributed by atoms with Crippen LogP contribution in [-0.2, 0) is 20.7 Å². The second kappa shape index (κ2) is 14.4. The van der Waals surface area contributed by atoms with Gasteiger partial charge in [0.2, 0.25) is 5.91 Å². The molecule has 10 heteroatoms. The fraction of sp³-hybridized carbons (Fsp3) is 0.364. The van der Waals surface area contributed by atoms with Gasteiger partial charge in [-0.25, -0.2) is 4.79 Å². The predicted molar refractivity (Wildman–Crippen MR) is 164 cm³/mol. The van der Waals surface area contributed by atoms with Crippen molar-refractivity contribution in [2.45, 2.75) is 65.1 Å². The van der Waals surface area contributed by atoms with Crippen LogP contribution in [0.25, 0.3) is 0 Å². The van der Waals surface area contributed by atoms with Crippen LogP contribution in [-0.4, -0.2) is 58.3 Å². The number of phenolic OH excluding ortho intramolecular Hbond substituents is 2. The molecule has 3 aromatic carbocycles. The van der Waals surface area contributed by atoms with Crippen LogP contribution in [0.1, 0.15) is 56.8 Å². The quantitative estimate of drug-likeness (QED) is 0.232. The van der Waals surface area contributed by atoms with Gasteiger partial charge in [-0.05, 0) is 81.6 Å². The van der Waals surface area contributed by atoms with Crippen LogP contribution in [0.2, 0.25) is 0 Å². The molecule has 0 fully saturated rings. The Hall–Kier alpha value is -4.73. The maximum atomic E-state index is 14.4. The third-order valence-electron chi connectivity index (χ3n) is 6.59. The second-order valence-corrected chi connectivity index (χ2v) is 11.2. The molecule has 0 aliphatic rings. The zero-order valence-corrected chi connectivity index (χ0v) is 25.5. The first-order valence-electron chi connectivity index (χ1n) is 14.1. The van der Waals surface area contributed by atoms with Crippen LogP contribution < -0.4 is 15.4 Å². The molecule has 10 nitrogen and oxygen atoms in total. The highest BCUT2D eigenvalue weighted by molar-refractivity contribution is 5.99. The van der Waals surface area contributed by atoms with Crippen molar-refractivity contribution in [1.82, 2.24) is 10.2 Å². The number of anilines is 1. The van der Waals surface area contributed by atoms with E-state index in [0.717, 1.165) is 0 Å². The first-order chi connectivity index (χ1) is 20.3. The maximum Gasteiger partial charge on any atom is 0.408 e. The van der Waals surface area contributed by atoms with Crippen molar-refractivity contribution in [1.29, 1.82) is 0 Å². The highest BCUT2D eigenvalue weighted by Gasteiger charge is 2.37. The fourth-order valence-electron chi connectivity index (χ4n) is 4.56. The van der Waals surface area contributed by atoms with Gasteiger partial charge in [0.05, 0.1) is 7.11 Å². The van der Waals surface area contributed by atoms with Crippen molar-refractivity contribution in [3.05, 3.63) is 83.4 Å². The lowest BCUT2D eigenvalue weighted by Gasteiger charge is -2.34. The number of para-hydroxylation sites is 1. The summed E-state index contributed by atoms with van der Waals surface area (Å²) >= 11 is 0. The Labute approximate surface area is 252 Å². The Balaban J connectivity index is 2.07. The van der Waals surface area contributed by atoms with E-state index in [4.69, 9.17) is 9.47 Å². The van der Waals surface area contributed by atoms with E-state index in [-0.39, 0.29) is 30.0 Å². The van der Waals surface area contributed by atoms with Crippen LogP contribution in [0.5, 0.6) is 17.2 Å². The van der Waals surface area contributed by atoms with Gasteiger partial charge in [-0.3, -0.25) is 9.59 Å². The summed E-state index contributed by atoms with van der Waals surface area (Å²) in [6.07, 6.45) is -0.243. The first kappa shape index (κ1) is 32.8. The number of nitrogens with zero attached hydrogens (tertiary/aromatic N) is 1. The topological polar surface area (TPSA) is 137 Å². The van der Waals surface area contributed by atoms with Gasteiger partial charge in [0, 0.05) is 24.2 Å². The smallest absolute Gasteiger partial charge is 0.408 e. The Bertz CT molecular complexity index is 1400. The molecule has 0 aliphatic carbocycles. The number of carbonyl (C=O) groups is 3. The third-order valence-corrected chi connectivity index (χ3v) is 6.59. The molecule has 4 N–H and O–H groups in total. The number of amides is 3. The Kier molecular flexibility index (Phi) is 11.0. The van der Waals surface area contributed by atoms with Crippen LogP contribution in [0.15, 0.2) is 66.7 Å². The SMILES string of the molecule is CCCN(C(=O)C(Cc1ccc(O)cc1)NC(=O)OC(C)(C)C)C(C(=O)Nc1ccc(OC)cc1)c1cccc(C)c1O. The number of hydrogen-bond acceptors (Lipinski definition) is 7. The minimum atomic E-state index is -1.24. The number of methoxy groups -OCH3 is 1. The van der Waals surface area contributed by atoms with Gasteiger partial charge in [-0.2, -0.15) is 0 Å². The number of ether oxygens (including phenoxy) is 2. The van der Waals surface area contributed by atoms with Crippen molar-refractivity contribution in [2.75, 3.05) is 19.0 Å². The number of phenols is 2. The molecular formula is C33H41N3O7. The third kappa shape index (κ3) is 9.13. The molecule has 2 unspecified atom stereocenters. The minimum absolute atomic E-state index is 0.0597. The summed E-state index contributed by atoms with van der Waals surface area (Å²) in [5.74, 6) is -0.532. The number of nitrogens with one attached hydrogen (secondary N) is 2. The average molecular weight is 592 g/mol. The van der Waals surface area contributed by atoms with Crippen LogP contribution in [0.3, 0.4) is 0 Å². The summed E-state index contributed by atoms with van der Waals surface area (Å²) in [6, 6.07) is 15.7. The second-order valence-electron chi connectivity index (χ2n) is 11.2. The number of hydrogen-bond donors (Lipinski definition) is 4. The van der Waals surface area contributed by atoms with Crippen molar-refractivity contribution in [2.24, 2.45) is 0 Å². The molecule has 0 aliphatic heterocycles. The summed E-state index contributed by atoms with van der Waals surface area (Å²) < 4.78 is 10.7. The molecule has 230 valence electrons. The van der Waals surface area contributed by atoms with Gasteiger partial charge in [0.1, 0.15) is 34.9 Å². The molecule has 0 saturated heterocycles. The van der Waals surface area contributed by atoms with E-state index in [1.54, 1.807) is 82.3 Å². The number of alkyl carbamates (subject to hydrolysis) is 1. The van der Waals surface area contributed by atoms with E-state index >= 15 is 0 Å². The summed E-state index contributed by atoms with van der Waals surface area (Å²) in [6.45, 7) is 8.87. The van der Waals surface area contributed by atoms with Crippen LogP contribution in [0.4, 0.5) is 10.5 Å². The predicted octanol–water partition coefficient (Wildman–Crippen LogP) is 5.47. The highest BCUT2D eigenvalue weighted by Crippen LogP contribution is 2.33. The van der Waals surface area contributed by atoms with Gasteiger partial charge < -0.3 is 35.2 Å². The Morgan fingerprint density at radius 1 is 0.953 bits per heavy atom. The van der Waals surface area contributed by atoms with Crippen LogP contribution in [0, 0.1) is 6.92 Å². The molecule has 0 bridgehead atoms. The molecule has 3 amide bonds. The first-order valence-corrected chi connectivity index (χ1v) is 14.1. The highest BCUT2D eigenvalue weighted by atomic mass is 16.6. The van der Waals surface area contributed by atoms with Crippen LogP contribution >= 0.6 is 0 Å². The lowest BCUT2D eigenvalue weighted by molar-refractivity contribution is -0.140. The summed E-state index contributed by atoms with van der Waals surface area (Å²) in [4.78, 5) is 42.6. The number of aryl methyl sites for hydroxylation is 1. The number of carbonyl (C=O) groups excluding carboxylic acids is 3. The molecule has 0 aromatic heterocycles. The van der Waals surface area contributed by atoms with Gasteiger partial charge in [0.15, 0.2) is 0 Å². The largest absolute Gasteiger partial charge is 0.508 e. The summed E-state index contributed by atoms with van der Waals surface area (Å²) in [5, 5.41) is 26.4. The molecule has 0 saturated carbocycles. The lowest BCUT2D eigenvalue weighted by Crippen LogP contribution is -2.53. The number of aromatic hydroxyl groups is 2. The molecule has 0 spiro atoms. The fourth-order valence-corrected chi connectivity index (χ4v) is 4.56. The number of benzene rings is 3. The molecule has 3 aromatic rings. The van der Waals surface area contributed by atoms with Crippen molar-refractivity contribution < 1.29 is 34.1 Å². The van der Waals surface area contributed by atoms with E-state index in [1.165, 1.54) is 24.1 Å².